The maximum absolute atomic E-state index is 12.5. The van der Waals surface area contributed by atoms with E-state index in [4.69, 9.17) is 4.74 Å². The lowest BCUT2D eigenvalue weighted by molar-refractivity contribution is -0.143. The van der Waals surface area contributed by atoms with Crippen LogP contribution in [0, 0.1) is 0 Å². The van der Waals surface area contributed by atoms with Gasteiger partial charge in [0.1, 0.15) is 0 Å². The molecule has 0 bridgehead atoms. The summed E-state index contributed by atoms with van der Waals surface area (Å²) in [5.41, 5.74) is 0. The highest BCUT2D eigenvalue weighted by Gasteiger charge is 2.18. The molecule has 83 heavy (non-hydrogen) atoms. The first-order valence-corrected chi connectivity index (χ1v) is 38.1. The fourth-order valence-corrected chi connectivity index (χ4v) is 12.2. The van der Waals surface area contributed by atoms with Crippen molar-refractivity contribution in [3.8, 4) is 0 Å². The molecule has 0 aromatic carbocycles. The Kier molecular flexibility index (Phi) is 71.4. The molecule has 0 aliphatic rings. The van der Waals surface area contributed by atoms with Gasteiger partial charge >= 0.3 is 5.97 Å². The van der Waals surface area contributed by atoms with Crippen LogP contribution in [0.25, 0.3) is 0 Å². The molecule has 0 rings (SSSR count). The summed E-state index contributed by atoms with van der Waals surface area (Å²) in [6.07, 6.45) is 92.8. The number of rotatable bonds is 72. The fraction of sp³-hybridized carbons (Fsp3) is 0.922. The maximum atomic E-state index is 12.5. The molecular weight excluding hydrogens is 1020 g/mol. The second-order valence-electron chi connectivity index (χ2n) is 26.3. The minimum atomic E-state index is -0.850. The van der Waals surface area contributed by atoms with E-state index >= 15 is 0 Å². The van der Waals surface area contributed by atoms with Crippen LogP contribution in [0.4, 0.5) is 0 Å². The SMILES string of the molecule is CCCCCCCCCCCCCCCCCCCCCCCC/C=C/C(O)C(CO)NC(=O)CCCCCCCCC/C=C\CCCCCCCCCCCCCCOC(=O)CCCCCCCCCCCCCCCCCCCCC. The molecule has 1 amide bonds. The Bertz CT molecular complexity index is 1300. The predicted octanol–water partition coefficient (Wildman–Crippen LogP) is 24.9. The molecule has 2 unspecified atom stereocenters. The van der Waals surface area contributed by atoms with Crippen LogP contribution in [0.1, 0.15) is 431 Å². The normalized spacial score (nSPS) is 12.6. The molecule has 0 saturated heterocycles. The van der Waals surface area contributed by atoms with Crippen LogP contribution >= 0.6 is 0 Å². The minimum Gasteiger partial charge on any atom is -0.466 e. The number of carbonyl (C=O) groups is 2. The van der Waals surface area contributed by atoms with Crippen LogP contribution in [0.3, 0.4) is 0 Å². The average Bonchev–Trinajstić information content (AvgIpc) is 3.49. The Balaban J connectivity index is 3.41. The zero-order valence-corrected chi connectivity index (χ0v) is 56.5. The summed E-state index contributed by atoms with van der Waals surface area (Å²) in [4.78, 5) is 24.7. The molecule has 0 spiro atoms. The predicted molar refractivity (Wildman–Crippen MR) is 366 cm³/mol. The van der Waals surface area contributed by atoms with Crippen molar-refractivity contribution < 1.29 is 24.5 Å². The number of hydrogen-bond acceptors (Lipinski definition) is 5. The summed E-state index contributed by atoms with van der Waals surface area (Å²) in [5, 5.41) is 23.3. The molecule has 0 fully saturated rings. The number of hydrogen-bond donors (Lipinski definition) is 3. The molecule has 6 nitrogen and oxygen atoms in total. The molecule has 0 heterocycles. The van der Waals surface area contributed by atoms with Crippen molar-refractivity contribution in [2.24, 2.45) is 0 Å². The Labute approximate surface area is 520 Å². The quantitative estimate of drug-likeness (QED) is 0.0320. The van der Waals surface area contributed by atoms with E-state index in [1.54, 1.807) is 6.08 Å². The number of aliphatic hydroxyl groups is 2. The van der Waals surface area contributed by atoms with Crippen LogP contribution in [-0.4, -0.2) is 47.4 Å². The van der Waals surface area contributed by atoms with Crippen molar-refractivity contribution in [1.82, 2.24) is 5.32 Å². The molecule has 6 heteroatoms. The van der Waals surface area contributed by atoms with Crippen molar-refractivity contribution in [2.45, 2.75) is 443 Å². The van der Waals surface area contributed by atoms with Crippen LogP contribution in [-0.2, 0) is 14.3 Å². The monoisotopic (exact) mass is 1170 g/mol. The third-order valence-electron chi connectivity index (χ3n) is 18.0. The largest absolute Gasteiger partial charge is 0.466 e. The maximum Gasteiger partial charge on any atom is 0.305 e. The highest BCUT2D eigenvalue weighted by atomic mass is 16.5. The number of nitrogens with one attached hydrogen (secondary N) is 1. The van der Waals surface area contributed by atoms with Crippen molar-refractivity contribution in [3.63, 3.8) is 0 Å². The zero-order valence-electron chi connectivity index (χ0n) is 56.5. The van der Waals surface area contributed by atoms with Gasteiger partial charge in [-0.1, -0.05) is 385 Å². The Hall–Kier alpha value is -1.66. The molecule has 0 radical (unpaired) electrons. The summed E-state index contributed by atoms with van der Waals surface area (Å²) in [7, 11) is 0. The number of unbranched alkanes of at least 4 members (excludes halogenated alkanes) is 59. The molecule has 0 aromatic heterocycles. The number of aliphatic hydroxyl groups excluding tert-OH is 2. The molecule has 2 atom stereocenters. The van der Waals surface area contributed by atoms with E-state index in [1.165, 1.54) is 360 Å². The van der Waals surface area contributed by atoms with Gasteiger partial charge in [-0.2, -0.15) is 0 Å². The number of ether oxygens (including phenoxy) is 1. The topological polar surface area (TPSA) is 95.9 Å². The first kappa shape index (κ1) is 81.3. The third kappa shape index (κ3) is 69.3. The van der Waals surface area contributed by atoms with E-state index in [-0.39, 0.29) is 18.5 Å². The first-order valence-electron chi connectivity index (χ1n) is 38.1. The van der Waals surface area contributed by atoms with Gasteiger partial charge in [0.2, 0.25) is 5.91 Å². The molecule has 492 valence electrons. The van der Waals surface area contributed by atoms with E-state index in [1.807, 2.05) is 6.08 Å². The molecule has 0 aliphatic carbocycles. The number of carbonyl (C=O) groups excluding carboxylic acids is 2. The summed E-state index contributed by atoms with van der Waals surface area (Å²) < 4.78 is 5.51. The van der Waals surface area contributed by atoms with Crippen molar-refractivity contribution in [1.29, 1.82) is 0 Å². The minimum absolute atomic E-state index is 0.0169. The summed E-state index contributed by atoms with van der Waals surface area (Å²) in [5.74, 6) is -0.0525. The van der Waals surface area contributed by atoms with Crippen molar-refractivity contribution >= 4 is 11.9 Å². The third-order valence-corrected chi connectivity index (χ3v) is 18.0. The standard InChI is InChI=1S/C77H149NO5/c1-3-5-7-9-11-13-15-17-19-21-23-24-25-27-30-34-37-41-45-49-53-57-61-65-69-75(80)74(73-79)78-76(81)70-66-62-58-54-50-46-42-38-35-31-28-26-29-32-36-40-44-48-52-56-60-64-68-72-83-77(82)71-67-63-59-55-51-47-43-39-33-22-20-18-16-14-12-10-8-6-4-2/h31,35,65,69,74-75,79-80H,3-30,32-34,36-64,66-68,70-73H2,1-2H3,(H,78,81)/b35-31-,69-65+. The van der Waals surface area contributed by atoms with Gasteiger partial charge in [-0.3, -0.25) is 9.59 Å². The number of allylic oxidation sites excluding steroid dienone is 3. The lowest BCUT2D eigenvalue weighted by Crippen LogP contribution is -2.45. The Morgan fingerprint density at radius 2 is 0.566 bits per heavy atom. The first-order chi connectivity index (χ1) is 41.0. The van der Waals surface area contributed by atoms with E-state index in [0.29, 0.717) is 19.4 Å². The Morgan fingerprint density at radius 3 is 0.855 bits per heavy atom. The van der Waals surface area contributed by atoms with Crippen LogP contribution < -0.4 is 5.32 Å². The molecule has 0 saturated carbocycles. The van der Waals surface area contributed by atoms with Crippen molar-refractivity contribution in [3.05, 3.63) is 24.3 Å². The van der Waals surface area contributed by atoms with Gasteiger partial charge in [0.25, 0.3) is 0 Å². The van der Waals surface area contributed by atoms with Gasteiger partial charge in [-0.15, -0.1) is 0 Å². The van der Waals surface area contributed by atoms with E-state index in [9.17, 15) is 19.8 Å². The molecule has 0 aliphatic heterocycles. The van der Waals surface area contributed by atoms with E-state index in [2.05, 4.69) is 31.3 Å². The zero-order chi connectivity index (χ0) is 59.9. The smallest absolute Gasteiger partial charge is 0.305 e. The second-order valence-corrected chi connectivity index (χ2v) is 26.3. The number of amides is 1. The second kappa shape index (κ2) is 72.8. The van der Waals surface area contributed by atoms with Crippen LogP contribution in [0.5, 0.6) is 0 Å². The summed E-state index contributed by atoms with van der Waals surface area (Å²) >= 11 is 0. The van der Waals surface area contributed by atoms with E-state index in [0.717, 1.165) is 44.9 Å². The van der Waals surface area contributed by atoms with Crippen molar-refractivity contribution in [2.75, 3.05) is 13.2 Å². The summed E-state index contributed by atoms with van der Waals surface area (Å²) in [6.45, 7) is 4.95. The highest BCUT2D eigenvalue weighted by molar-refractivity contribution is 5.76. The lowest BCUT2D eigenvalue weighted by atomic mass is 10.0. The fourth-order valence-electron chi connectivity index (χ4n) is 12.2. The van der Waals surface area contributed by atoms with E-state index < -0.39 is 12.1 Å². The number of esters is 1. The van der Waals surface area contributed by atoms with Crippen LogP contribution in [0.2, 0.25) is 0 Å². The van der Waals surface area contributed by atoms with Crippen LogP contribution in [0.15, 0.2) is 24.3 Å². The van der Waals surface area contributed by atoms with Gasteiger partial charge in [-0.25, -0.2) is 0 Å². The lowest BCUT2D eigenvalue weighted by Gasteiger charge is -2.20. The average molecular weight is 1170 g/mol. The van der Waals surface area contributed by atoms with Gasteiger partial charge in [-0.05, 0) is 57.8 Å². The van der Waals surface area contributed by atoms with Gasteiger partial charge in [0.05, 0.1) is 25.4 Å². The molecule has 0 aromatic rings. The van der Waals surface area contributed by atoms with Gasteiger partial charge in [0.15, 0.2) is 0 Å². The summed E-state index contributed by atoms with van der Waals surface area (Å²) in [6, 6.07) is -0.634. The van der Waals surface area contributed by atoms with Gasteiger partial charge < -0.3 is 20.3 Å². The molecule has 3 N–H and O–H groups in total. The van der Waals surface area contributed by atoms with Gasteiger partial charge in [0, 0.05) is 12.8 Å². The highest BCUT2D eigenvalue weighted by Crippen LogP contribution is 2.19. The Morgan fingerprint density at radius 1 is 0.325 bits per heavy atom. The molecular formula is C77H149NO5.